The Morgan fingerprint density at radius 1 is 1.35 bits per heavy atom. The van der Waals surface area contributed by atoms with Gasteiger partial charge in [-0.3, -0.25) is 0 Å². The summed E-state index contributed by atoms with van der Waals surface area (Å²) in [5.41, 5.74) is 0. The molecule has 0 aliphatic carbocycles. The Balaban J connectivity index is 2.18. The van der Waals surface area contributed by atoms with Crippen LogP contribution in [-0.4, -0.2) is 31.9 Å². The number of thiophene rings is 1. The highest BCUT2D eigenvalue weighted by Crippen LogP contribution is 2.30. The Bertz CT molecular complexity index is 525. The van der Waals surface area contributed by atoms with Gasteiger partial charge in [0.1, 0.15) is 4.21 Å². The lowest BCUT2D eigenvalue weighted by Gasteiger charge is -2.33. The minimum Gasteiger partial charge on any atom is -0.312 e. The van der Waals surface area contributed by atoms with Crippen LogP contribution in [0.25, 0.3) is 0 Å². The standard InChI is InChI=1S/C14H24N2O2S2/c1-3-12-7-5-6-10-16(12)20(17,18)14-9-8-13(19-14)11-15-4-2/h8-9,12,15H,3-7,10-11H2,1-2H3. The van der Waals surface area contributed by atoms with Crippen LogP contribution in [0, 0.1) is 0 Å². The van der Waals surface area contributed by atoms with E-state index >= 15 is 0 Å². The summed E-state index contributed by atoms with van der Waals surface area (Å²) in [4.78, 5) is 1.08. The maximum Gasteiger partial charge on any atom is 0.252 e. The van der Waals surface area contributed by atoms with E-state index in [0.29, 0.717) is 10.8 Å². The smallest absolute Gasteiger partial charge is 0.252 e. The Morgan fingerprint density at radius 2 is 2.15 bits per heavy atom. The highest BCUT2D eigenvalue weighted by atomic mass is 32.2. The Labute approximate surface area is 126 Å². The van der Waals surface area contributed by atoms with Crippen LogP contribution in [0.5, 0.6) is 0 Å². The largest absolute Gasteiger partial charge is 0.312 e. The van der Waals surface area contributed by atoms with E-state index in [1.54, 1.807) is 10.4 Å². The van der Waals surface area contributed by atoms with Crippen LogP contribution in [0.15, 0.2) is 16.3 Å². The second kappa shape index (κ2) is 7.02. The van der Waals surface area contributed by atoms with Gasteiger partial charge >= 0.3 is 0 Å². The first-order valence-electron chi connectivity index (χ1n) is 7.40. The van der Waals surface area contributed by atoms with Crippen molar-refractivity contribution >= 4 is 21.4 Å². The van der Waals surface area contributed by atoms with Crippen LogP contribution >= 0.6 is 11.3 Å². The summed E-state index contributed by atoms with van der Waals surface area (Å²) in [6.45, 7) is 6.42. The van der Waals surface area contributed by atoms with Crippen LogP contribution < -0.4 is 5.32 Å². The molecular formula is C14H24N2O2S2. The predicted molar refractivity (Wildman–Crippen MR) is 83.5 cm³/mol. The third-order valence-corrected chi connectivity index (χ3v) is 7.30. The highest BCUT2D eigenvalue weighted by molar-refractivity contribution is 7.91. The fourth-order valence-corrected chi connectivity index (χ4v) is 5.88. The number of rotatable bonds is 6. The third-order valence-electron chi connectivity index (χ3n) is 3.79. The fraction of sp³-hybridized carbons (Fsp3) is 0.714. The van der Waals surface area contributed by atoms with Gasteiger partial charge in [-0.25, -0.2) is 8.42 Å². The quantitative estimate of drug-likeness (QED) is 0.878. The topological polar surface area (TPSA) is 49.4 Å². The van der Waals surface area contributed by atoms with Crippen LogP contribution in [-0.2, 0) is 16.6 Å². The van der Waals surface area contributed by atoms with Crippen LogP contribution in [0.2, 0.25) is 0 Å². The summed E-state index contributed by atoms with van der Waals surface area (Å²) in [6, 6.07) is 3.85. The van der Waals surface area contributed by atoms with Crippen LogP contribution in [0.1, 0.15) is 44.4 Å². The zero-order valence-corrected chi connectivity index (χ0v) is 13.9. The lowest BCUT2D eigenvalue weighted by atomic mass is 10.0. The van der Waals surface area contributed by atoms with Crippen molar-refractivity contribution in [2.24, 2.45) is 0 Å². The molecule has 0 aromatic carbocycles. The van der Waals surface area contributed by atoms with Crippen molar-refractivity contribution in [2.45, 2.75) is 56.3 Å². The molecule has 1 aromatic heterocycles. The second-order valence-electron chi connectivity index (χ2n) is 5.17. The monoisotopic (exact) mass is 316 g/mol. The van der Waals surface area contributed by atoms with Gasteiger partial charge in [-0.15, -0.1) is 11.3 Å². The van der Waals surface area contributed by atoms with Gasteiger partial charge in [0, 0.05) is 24.0 Å². The molecule has 2 rings (SSSR count). The van der Waals surface area contributed by atoms with E-state index in [0.717, 1.165) is 43.6 Å². The normalized spacial score (nSPS) is 21.2. The lowest BCUT2D eigenvalue weighted by molar-refractivity contribution is 0.247. The molecule has 1 aromatic rings. The lowest BCUT2D eigenvalue weighted by Crippen LogP contribution is -2.42. The molecule has 1 saturated heterocycles. The van der Waals surface area contributed by atoms with Gasteiger partial charge in [-0.1, -0.05) is 20.3 Å². The van der Waals surface area contributed by atoms with E-state index in [1.807, 2.05) is 13.0 Å². The minimum atomic E-state index is -3.30. The SMILES string of the molecule is CCNCc1ccc(S(=O)(=O)N2CCCCC2CC)s1. The third kappa shape index (κ3) is 3.42. The van der Waals surface area contributed by atoms with Crippen molar-refractivity contribution < 1.29 is 8.42 Å². The zero-order valence-electron chi connectivity index (χ0n) is 12.3. The summed E-state index contributed by atoms with van der Waals surface area (Å²) in [5, 5.41) is 3.23. The number of nitrogens with zero attached hydrogens (tertiary/aromatic N) is 1. The number of piperidine rings is 1. The highest BCUT2D eigenvalue weighted by Gasteiger charge is 2.33. The molecule has 114 valence electrons. The van der Waals surface area contributed by atoms with Gasteiger partial charge < -0.3 is 5.32 Å². The molecule has 4 nitrogen and oxygen atoms in total. The van der Waals surface area contributed by atoms with Gasteiger partial charge in [0.05, 0.1) is 0 Å². The molecule has 2 heterocycles. The average molecular weight is 316 g/mol. The summed E-state index contributed by atoms with van der Waals surface area (Å²) < 4.78 is 27.7. The molecular weight excluding hydrogens is 292 g/mol. The van der Waals surface area contributed by atoms with Gasteiger partial charge in [0.25, 0.3) is 10.0 Å². The van der Waals surface area contributed by atoms with E-state index in [9.17, 15) is 8.42 Å². The Kier molecular flexibility index (Phi) is 5.60. The number of hydrogen-bond donors (Lipinski definition) is 1. The molecule has 1 unspecified atom stereocenters. The maximum atomic E-state index is 12.8. The number of sulfonamides is 1. The predicted octanol–water partition coefficient (Wildman–Crippen LogP) is 2.81. The first-order chi connectivity index (χ1) is 9.59. The molecule has 1 aliphatic rings. The van der Waals surface area contributed by atoms with Crippen molar-refractivity contribution in [2.75, 3.05) is 13.1 Å². The second-order valence-corrected chi connectivity index (χ2v) is 8.46. The first kappa shape index (κ1) is 15.9. The van der Waals surface area contributed by atoms with Gasteiger partial charge in [0.15, 0.2) is 0 Å². The van der Waals surface area contributed by atoms with Crippen LogP contribution in [0.3, 0.4) is 0 Å². The number of nitrogens with one attached hydrogen (secondary N) is 1. The molecule has 0 amide bonds. The molecule has 1 fully saturated rings. The van der Waals surface area contributed by atoms with Gasteiger partial charge in [0.2, 0.25) is 0 Å². The van der Waals surface area contributed by atoms with Crippen molar-refractivity contribution in [1.29, 1.82) is 0 Å². The van der Waals surface area contributed by atoms with Crippen molar-refractivity contribution in [3.8, 4) is 0 Å². The van der Waals surface area contributed by atoms with Crippen molar-refractivity contribution in [3.05, 3.63) is 17.0 Å². The zero-order chi connectivity index (χ0) is 14.6. The van der Waals surface area contributed by atoms with Crippen LogP contribution in [0.4, 0.5) is 0 Å². The molecule has 20 heavy (non-hydrogen) atoms. The molecule has 1 N–H and O–H groups in total. The van der Waals surface area contributed by atoms with E-state index < -0.39 is 10.0 Å². The van der Waals surface area contributed by atoms with E-state index in [-0.39, 0.29) is 6.04 Å². The summed E-state index contributed by atoms with van der Waals surface area (Å²) in [6.07, 6.45) is 4.01. The van der Waals surface area contributed by atoms with E-state index in [1.165, 1.54) is 11.3 Å². The minimum absolute atomic E-state index is 0.174. The molecule has 0 radical (unpaired) electrons. The summed E-state index contributed by atoms with van der Waals surface area (Å²) in [5.74, 6) is 0. The molecule has 1 atom stereocenters. The number of hydrogen-bond acceptors (Lipinski definition) is 4. The van der Waals surface area contributed by atoms with E-state index in [4.69, 9.17) is 0 Å². The summed E-state index contributed by atoms with van der Waals surface area (Å²) >= 11 is 1.39. The maximum absolute atomic E-state index is 12.8. The van der Waals surface area contributed by atoms with Crippen molar-refractivity contribution in [1.82, 2.24) is 9.62 Å². The van der Waals surface area contributed by atoms with Gasteiger partial charge in [-0.2, -0.15) is 4.31 Å². The fourth-order valence-electron chi connectivity index (χ4n) is 2.65. The molecule has 0 spiro atoms. The van der Waals surface area contributed by atoms with E-state index in [2.05, 4.69) is 12.2 Å². The molecule has 6 heteroatoms. The van der Waals surface area contributed by atoms with Crippen molar-refractivity contribution in [3.63, 3.8) is 0 Å². The average Bonchev–Trinajstić information content (AvgIpc) is 2.94. The Hall–Kier alpha value is -0.430. The first-order valence-corrected chi connectivity index (χ1v) is 9.66. The molecule has 1 aliphatic heterocycles. The molecule has 0 bridgehead atoms. The Morgan fingerprint density at radius 3 is 2.85 bits per heavy atom. The summed E-state index contributed by atoms with van der Waals surface area (Å²) in [7, 11) is -3.30. The molecule has 0 saturated carbocycles. The van der Waals surface area contributed by atoms with Gasteiger partial charge in [-0.05, 0) is 37.9 Å².